The van der Waals surface area contributed by atoms with Crippen LogP contribution in [0.1, 0.15) is 12.8 Å². The largest absolute Gasteiger partial charge is 0.253 e. The number of terminal acetylenes is 1. The van der Waals surface area contributed by atoms with Crippen molar-refractivity contribution in [3.8, 4) is 23.9 Å². The molecular formula is C16H13N5. The minimum Gasteiger partial charge on any atom is -0.253 e. The summed E-state index contributed by atoms with van der Waals surface area (Å²) in [5.41, 5.74) is 2.76. The topological polar surface area (TPSA) is 56.5 Å². The van der Waals surface area contributed by atoms with E-state index in [0.29, 0.717) is 24.4 Å². The van der Waals surface area contributed by atoms with Crippen LogP contribution in [-0.4, -0.2) is 25.2 Å². The second kappa shape index (κ2) is 5.97. The summed E-state index contributed by atoms with van der Waals surface area (Å²) in [6.45, 7) is 0. The Labute approximate surface area is 122 Å². The summed E-state index contributed by atoms with van der Waals surface area (Å²) in [6, 6.07) is 5.60. The maximum atomic E-state index is 5.34. The number of nitrogens with zero attached hydrogens (tertiary/aromatic N) is 5. The van der Waals surface area contributed by atoms with Crippen molar-refractivity contribution < 1.29 is 0 Å². The average molecular weight is 275 g/mol. The Kier molecular flexibility index (Phi) is 3.70. The van der Waals surface area contributed by atoms with E-state index in [1.807, 2.05) is 36.4 Å². The Balaban J connectivity index is 1.83. The molecule has 5 nitrogen and oxygen atoms in total. The van der Waals surface area contributed by atoms with Gasteiger partial charge in [0.1, 0.15) is 5.69 Å². The molecule has 0 radical (unpaired) electrons. The van der Waals surface area contributed by atoms with Crippen molar-refractivity contribution in [3.05, 3.63) is 54.3 Å². The Morgan fingerprint density at radius 2 is 2.29 bits per heavy atom. The molecule has 5 heteroatoms. The molecule has 21 heavy (non-hydrogen) atoms. The molecule has 0 spiro atoms. The molecule has 1 aliphatic carbocycles. The number of hydrogen-bond donors (Lipinski definition) is 0. The predicted molar refractivity (Wildman–Crippen MR) is 80.6 cm³/mol. The second-order valence-corrected chi connectivity index (χ2v) is 4.50. The van der Waals surface area contributed by atoms with Gasteiger partial charge in [-0.25, -0.2) is 0 Å². The van der Waals surface area contributed by atoms with Crippen molar-refractivity contribution in [1.82, 2.24) is 25.2 Å². The highest BCUT2D eigenvalue weighted by Crippen LogP contribution is 2.17. The predicted octanol–water partition coefficient (Wildman–Crippen LogP) is 2.49. The summed E-state index contributed by atoms with van der Waals surface area (Å²) in [7, 11) is 0. The minimum atomic E-state index is 0.512. The molecule has 3 rings (SSSR count). The molecular weight excluding hydrogens is 262 g/mol. The Bertz CT molecular complexity index is 759. The van der Waals surface area contributed by atoms with E-state index in [2.05, 4.69) is 32.4 Å². The van der Waals surface area contributed by atoms with Crippen LogP contribution in [0, 0.1) is 12.3 Å². The first kappa shape index (κ1) is 13.0. The SMILES string of the molecule is C#CCC1=CCC(n2nnc(-c3ccccn3)n2)=CC=C1. The normalized spacial score (nSPS) is 14.0. The van der Waals surface area contributed by atoms with Gasteiger partial charge in [-0.05, 0) is 29.0 Å². The van der Waals surface area contributed by atoms with Crippen molar-refractivity contribution in [2.75, 3.05) is 0 Å². The molecule has 0 bridgehead atoms. The van der Waals surface area contributed by atoms with Gasteiger partial charge in [0.25, 0.3) is 0 Å². The number of hydrogen-bond acceptors (Lipinski definition) is 4. The Hall–Kier alpha value is -3.00. The van der Waals surface area contributed by atoms with Crippen molar-refractivity contribution >= 4 is 5.70 Å². The lowest BCUT2D eigenvalue weighted by atomic mass is 10.1. The summed E-state index contributed by atoms with van der Waals surface area (Å²) >= 11 is 0. The maximum absolute atomic E-state index is 5.34. The van der Waals surface area contributed by atoms with Gasteiger partial charge in [0.2, 0.25) is 5.82 Å². The zero-order valence-electron chi connectivity index (χ0n) is 11.3. The fourth-order valence-electron chi connectivity index (χ4n) is 1.99. The Morgan fingerprint density at radius 3 is 3.10 bits per heavy atom. The van der Waals surface area contributed by atoms with E-state index in [4.69, 9.17) is 6.42 Å². The van der Waals surface area contributed by atoms with Crippen LogP contribution in [0.5, 0.6) is 0 Å². The van der Waals surface area contributed by atoms with Crippen LogP contribution in [0.15, 0.2) is 54.3 Å². The second-order valence-electron chi connectivity index (χ2n) is 4.50. The minimum absolute atomic E-state index is 0.512. The number of tetrazole rings is 1. The molecule has 2 aromatic heterocycles. The molecule has 0 saturated carbocycles. The van der Waals surface area contributed by atoms with E-state index in [1.54, 1.807) is 6.20 Å². The summed E-state index contributed by atoms with van der Waals surface area (Å²) in [5.74, 6) is 3.16. The fraction of sp³-hybridized carbons (Fsp3) is 0.125. The van der Waals surface area contributed by atoms with Crippen LogP contribution in [0.3, 0.4) is 0 Å². The van der Waals surface area contributed by atoms with Crippen molar-refractivity contribution in [2.24, 2.45) is 0 Å². The molecule has 0 atom stereocenters. The van der Waals surface area contributed by atoms with E-state index >= 15 is 0 Å². The first-order valence-corrected chi connectivity index (χ1v) is 6.58. The van der Waals surface area contributed by atoms with Crippen LogP contribution in [-0.2, 0) is 0 Å². The molecule has 0 fully saturated rings. The molecule has 0 saturated heterocycles. The van der Waals surface area contributed by atoms with E-state index < -0.39 is 0 Å². The fourth-order valence-corrected chi connectivity index (χ4v) is 1.99. The summed E-state index contributed by atoms with van der Waals surface area (Å²) in [5, 5.41) is 12.5. The number of allylic oxidation sites excluding steroid dienone is 6. The van der Waals surface area contributed by atoms with Gasteiger partial charge in [0, 0.05) is 19.0 Å². The van der Waals surface area contributed by atoms with Gasteiger partial charge in [-0.2, -0.15) is 0 Å². The van der Waals surface area contributed by atoms with Gasteiger partial charge in [-0.1, -0.05) is 24.3 Å². The van der Waals surface area contributed by atoms with Gasteiger partial charge in [-0.15, -0.1) is 27.3 Å². The van der Waals surface area contributed by atoms with Crippen molar-refractivity contribution in [1.29, 1.82) is 0 Å². The Morgan fingerprint density at radius 1 is 1.33 bits per heavy atom. The lowest BCUT2D eigenvalue weighted by Gasteiger charge is -2.00. The molecule has 102 valence electrons. The third-order valence-electron chi connectivity index (χ3n) is 3.04. The van der Waals surface area contributed by atoms with Gasteiger partial charge < -0.3 is 0 Å². The highest BCUT2D eigenvalue weighted by molar-refractivity contribution is 5.53. The molecule has 0 N–H and O–H groups in total. The summed E-state index contributed by atoms with van der Waals surface area (Å²) < 4.78 is 0. The van der Waals surface area contributed by atoms with E-state index in [-0.39, 0.29) is 0 Å². The highest BCUT2D eigenvalue weighted by atomic mass is 15.6. The zero-order chi connectivity index (χ0) is 14.5. The van der Waals surface area contributed by atoms with Crippen LogP contribution in [0.25, 0.3) is 17.2 Å². The number of aromatic nitrogens is 5. The molecule has 1 aliphatic rings. The van der Waals surface area contributed by atoms with Crippen molar-refractivity contribution in [3.63, 3.8) is 0 Å². The van der Waals surface area contributed by atoms with Gasteiger partial charge in [-0.3, -0.25) is 4.98 Å². The molecule has 2 heterocycles. The van der Waals surface area contributed by atoms with Gasteiger partial charge in [0.15, 0.2) is 0 Å². The molecule has 2 aromatic rings. The lowest BCUT2D eigenvalue weighted by molar-refractivity contribution is 0.723. The first-order chi connectivity index (χ1) is 10.4. The van der Waals surface area contributed by atoms with Crippen LogP contribution < -0.4 is 0 Å². The number of pyridine rings is 1. The quantitative estimate of drug-likeness (QED) is 0.807. The zero-order valence-corrected chi connectivity index (χ0v) is 11.3. The third-order valence-corrected chi connectivity index (χ3v) is 3.04. The lowest BCUT2D eigenvalue weighted by Crippen LogP contribution is -2.01. The maximum Gasteiger partial charge on any atom is 0.223 e. The summed E-state index contributed by atoms with van der Waals surface area (Å²) in [4.78, 5) is 5.75. The smallest absolute Gasteiger partial charge is 0.223 e. The highest BCUT2D eigenvalue weighted by Gasteiger charge is 2.10. The van der Waals surface area contributed by atoms with Crippen LogP contribution >= 0.6 is 0 Å². The average Bonchev–Trinajstić information content (AvgIpc) is 2.90. The van der Waals surface area contributed by atoms with E-state index in [9.17, 15) is 0 Å². The van der Waals surface area contributed by atoms with Gasteiger partial charge >= 0.3 is 0 Å². The number of rotatable bonds is 3. The molecule has 0 aromatic carbocycles. The van der Waals surface area contributed by atoms with Crippen LogP contribution in [0.2, 0.25) is 0 Å². The first-order valence-electron chi connectivity index (χ1n) is 6.58. The molecule has 0 unspecified atom stereocenters. The monoisotopic (exact) mass is 275 g/mol. The standard InChI is InChI=1S/C16H13N5/c1-2-6-13-7-5-8-14(11-10-13)21-19-16(18-20-21)15-9-3-4-12-17-15/h1,3-5,7-10,12H,6,11H2. The van der Waals surface area contributed by atoms with E-state index in [1.165, 1.54) is 4.80 Å². The third kappa shape index (κ3) is 2.95. The molecule has 0 aliphatic heterocycles. The van der Waals surface area contributed by atoms with Crippen molar-refractivity contribution in [2.45, 2.75) is 12.8 Å². The molecule has 0 amide bonds. The summed E-state index contributed by atoms with van der Waals surface area (Å²) in [6.07, 6.45) is 16.4. The van der Waals surface area contributed by atoms with Crippen LogP contribution in [0.4, 0.5) is 0 Å². The van der Waals surface area contributed by atoms with Gasteiger partial charge in [0.05, 0.1) is 5.70 Å². The van der Waals surface area contributed by atoms with E-state index in [0.717, 1.165) is 11.3 Å².